The highest BCUT2D eigenvalue weighted by Gasteiger charge is 2.36. The first-order valence-electron chi connectivity index (χ1n) is 8.53. The van der Waals surface area contributed by atoms with Gasteiger partial charge in [-0.2, -0.15) is 29.8 Å². The number of carbonyl (C=O) groups excluding carboxylic acids is 1. The van der Waals surface area contributed by atoms with Crippen LogP contribution >= 0.6 is 11.3 Å². The molecule has 1 amide bonds. The number of anilines is 1. The van der Waals surface area contributed by atoms with Gasteiger partial charge < -0.3 is 14.5 Å². The fourth-order valence-corrected chi connectivity index (χ4v) is 3.93. The number of halogens is 3. The number of nitriles is 1. The third-order valence-corrected chi connectivity index (χ3v) is 5.35. The molecular weight excluding hydrogens is 391 g/mol. The van der Waals surface area contributed by atoms with Gasteiger partial charge in [-0.25, -0.2) is 0 Å². The van der Waals surface area contributed by atoms with Gasteiger partial charge in [0.1, 0.15) is 0 Å². The molecule has 0 N–H and O–H groups in total. The summed E-state index contributed by atoms with van der Waals surface area (Å²) in [6.45, 7) is 1.37. The lowest BCUT2D eigenvalue weighted by molar-refractivity contribution is -0.137. The predicted octanol–water partition coefficient (Wildman–Crippen LogP) is 3.62. The van der Waals surface area contributed by atoms with Crippen LogP contribution in [0, 0.1) is 11.3 Å². The van der Waals surface area contributed by atoms with Gasteiger partial charge >= 0.3 is 6.18 Å². The zero-order valence-electron chi connectivity index (χ0n) is 15.1. The van der Waals surface area contributed by atoms with E-state index in [1.165, 1.54) is 30.6 Å². The van der Waals surface area contributed by atoms with Gasteiger partial charge in [0, 0.05) is 37.8 Å². The first-order valence-corrected chi connectivity index (χ1v) is 9.48. The molecule has 1 fully saturated rings. The van der Waals surface area contributed by atoms with Crippen LogP contribution in [0.15, 0.2) is 35.0 Å². The lowest BCUT2D eigenvalue weighted by Gasteiger charge is -2.42. The Hall–Kier alpha value is -2.57. The highest BCUT2D eigenvalue weighted by Crippen LogP contribution is 2.35. The van der Waals surface area contributed by atoms with Crippen molar-refractivity contribution in [3.8, 4) is 6.07 Å². The molecule has 2 aromatic rings. The average molecular weight is 409 g/mol. The maximum absolute atomic E-state index is 13.3. The number of amides is 1. The molecular formula is C19H18F3N3O2S. The monoisotopic (exact) mass is 409 g/mol. The van der Waals surface area contributed by atoms with E-state index in [0.717, 1.165) is 6.07 Å². The second-order valence-corrected chi connectivity index (χ2v) is 7.19. The lowest BCUT2D eigenvalue weighted by atomic mass is 10.0. The molecule has 1 saturated heterocycles. The van der Waals surface area contributed by atoms with Gasteiger partial charge in [0.2, 0.25) is 0 Å². The molecule has 0 bridgehead atoms. The van der Waals surface area contributed by atoms with Gasteiger partial charge in [-0.1, -0.05) is 0 Å². The molecule has 0 aliphatic carbocycles. The Kier molecular flexibility index (Phi) is 5.91. The molecule has 0 saturated carbocycles. The third kappa shape index (κ3) is 4.13. The summed E-state index contributed by atoms with van der Waals surface area (Å²) in [6.07, 6.45) is -4.61. The van der Waals surface area contributed by atoms with E-state index in [-0.39, 0.29) is 18.6 Å². The van der Waals surface area contributed by atoms with E-state index in [1.54, 1.807) is 27.3 Å². The predicted molar refractivity (Wildman–Crippen MR) is 99.4 cm³/mol. The fraction of sp³-hybridized carbons (Fsp3) is 0.368. The molecule has 0 radical (unpaired) electrons. The van der Waals surface area contributed by atoms with Crippen molar-refractivity contribution in [3.05, 3.63) is 51.7 Å². The van der Waals surface area contributed by atoms with Gasteiger partial charge in [-0.3, -0.25) is 4.79 Å². The van der Waals surface area contributed by atoms with E-state index in [9.17, 15) is 18.0 Å². The van der Waals surface area contributed by atoms with Crippen molar-refractivity contribution in [1.29, 1.82) is 5.26 Å². The van der Waals surface area contributed by atoms with Crippen LogP contribution < -0.4 is 4.90 Å². The van der Waals surface area contributed by atoms with Crippen molar-refractivity contribution in [1.82, 2.24) is 4.90 Å². The zero-order valence-corrected chi connectivity index (χ0v) is 15.9. The van der Waals surface area contributed by atoms with E-state index >= 15 is 0 Å². The summed E-state index contributed by atoms with van der Waals surface area (Å²) < 4.78 is 45.0. The number of nitrogens with zero attached hydrogens (tertiary/aromatic N) is 3. The van der Waals surface area contributed by atoms with E-state index in [4.69, 9.17) is 10.00 Å². The largest absolute Gasteiger partial charge is 0.417 e. The van der Waals surface area contributed by atoms with Crippen molar-refractivity contribution in [2.45, 2.75) is 12.2 Å². The Balaban J connectivity index is 1.84. The Morgan fingerprint density at radius 2 is 2.14 bits per heavy atom. The van der Waals surface area contributed by atoms with Crippen LogP contribution in [-0.4, -0.2) is 50.2 Å². The number of benzene rings is 1. The summed E-state index contributed by atoms with van der Waals surface area (Å²) in [5.41, 5.74) is -0.393. The lowest BCUT2D eigenvalue weighted by Crippen LogP contribution is -2.57. The number of piperazine rings is 1. The Bertz CT molecular complexity index is 878. The van der Waals surface area contributed by atoms with E-state index in [2.05, 4.69) is 0 Å². The number of hydrogen-bond acceptors (Lipinski definition) is 5. The van der Waals surface area contributed by atoms with Crippen LogP contribution in [0.25, 0.3) is 0 Å². The average Bonchev–Trinajstić information content (AvgIpc) is 3.21. The molecule has 28 heavy (non-hydrogen) atoms. The van der Waals surface area contributed by atoms with Gasteiger partial charge in [0.15, 0.2) is 0 Å². The Morgan fingerprint density at radius 1 is 1.36 bits per heavy atom. The van der Waals surface area contributed by atoms with Crippen molar-refractivity contribution < 1.29 is 22.7 Å². The molecule has 1 aromatic heterocycles. The third-order valence-electron chi connectivity index (χ3n) is 4.66. The van der Waals surface area contributed by atoms with Crippen LogP contribution in [0.3, 0.4) is 0 Å². The fourth-order valence-electron chi connectivity index (χ4n) is 3.31. The zero-order chi connectivity index (χ0) is 20.3. The van der Waals surface area contributed by atoms with Crippen LogP contribution in [0.1, 0.15) is 21.5 Å². The van der Waals surface area contributed by atoms with Crippen molar-refractivity contribution in [3.63, 3.8) is 0 Å². The minimum absolute atomic E-state index is 0.112. The van der Waals surface area contributed by atoms with Crippen LogP contribution in [0.5, 0.6) is 0 Å². The molecule has 148 valence electrons. The smallest absolute Gasteiger partial charge is 0.382 e. The van der Waals surface area contributed by atoms with Crippen molar-refractivity contribution in [2.24, 2.45) is 0 Å². The molecule has 5 nitrogen and oxygen atoms in total. The quantitative estimate of drug-likeness (QED) is 0.774. The molecule has 1 unspecified atom stereocenters. The summed E-state index contributed by atoms with van der Waals surface area (Å²) in [5, 5.41) is 12.6. The number of alkyl halides is 3. The molecule has 1 aromatic carbocycles. The number of thiophene rings is 1. The number of carbonyl (C=O) groups is 1. The number of methoxy groups -OCH3 is 1. The maximum atomic E-state index is 13.3. The van der Waals surface area contributed by atoms with E-state index in [0.29, 0.717) is 30.9 Å². The van der Waals surface area contributed by atoms with Crippen LogP contribution in [0.2, 0.25) is 0 Å². The van der Waals surface area contributed by atoms with Crippen molar-refractivity contribution in [2.75, 3.05) is 38.3 Å². The summed E-state index contributed by atoms with van der Waals surface area (Å²) in [7, 11) is 1.52. The first-order chi connectivity index (χ1) is 13.3. The molecule has 1 aliphatic rings. The molecule has 2 heterocycles. The number of hydrogen-bond donors (Lipinski definition) is 0. The number of rotatable bonds is 4. The topological polar surface area (TPSA) is 56.6 Å². The van der Waals surface area contributed by atoms with Crippen LogP contribution in [0.4, 0.5) is 18.9 Å². The summed E-state index contributed by atoms with van der Waals surface area (Å²) >= 11 is 1.43. The number of ether oxygens (including phenoxy) is 1. The van der Waals surface area contributed by atoms with Crippen LogP contribution in [-0.2, 0) is 10.9 Å². The van der Waals surface area contributed by atoms with E-state index in [1.807, 2.05) is 5.38 Å². The molecule has 1 aliphatic heterocycles. The van der Waals surface area contributed by atoms with E-state index < -0.39 is 17.3 Å². The molecule has 9 heteroatoms. The second-order valence-electron chi connectivity index (χ2n) is 6.41. The maximum Gasteiger partial charge on any atom is 0.417 e. The highest BCUT2D eigenvalue weighted by molar-refractivity contribution is 7.08. The Labute approximate surface area is 164 Å². The standard InChI is InChI=1S/C19H18F3N3O2S/c1-27-11-16-10-24(5-6-25(16)18(26)14-4-7-28-12-14)15-3-2-13(9-23)17(8-15)19(20,21)22/h2-4,7-8,12,16H,5-6,10-11H2,1H3. The Morgan fingerprint density at radius 3 is 2.75 bits per heavy atom. The molecule has 1 atom stereocenters. The summed E-state index contributed by atoms with van der Waals surface area (Å²) in [5.74, 6) is -0.112. The molecule has 0 spiro atoms. The van der Waals surface area contributed by atoms with Gasteiger partial charge in [0.05, 0.1) is 35.4 Å². The van der Waals surface area contributed by atoms with Gasteiger partial charge in [0.25, 0.3) is 5.91 Å². The minimum Gasteiger partial charge on any atom is -0.382 e. The minimum atomic E-state index is -4.61. The summed E-state index contributed by atoms with van der Waals surface area (Å²) in [6, 6.07) is 6.74. The van der Waals surface area contributed by atoms with Gasteiger partial charge in [-0.15, -0.1) is 0 Å². The van der Waals surface area contributed by atoms with Crippen molar-refractivity contribution >= 4 is 22.9 Å². The highest BCUT2D eigenvalue weighted by atomic mass is 32.1. The van der Waals surface area contributed by atoms with Gasteiger partial charge in [-0.05, 0) is 29.6 Å². The first kappa shape index (κ1) is 20.2. The summed E-state index contributed by atoms with van der Waals surface area (Å²) in [4.78, 5) is 16.2. The normalized spacial score (nSPS) is 17.5. The second kappa shape index (κ2) is 8.20. The SMILES string of the molecule is COCC1CN(c2ccc(C#N)c(C(F)(F)F)c2)CCN1C(=O)c1ccsc1. The molecule has 3 rings (SSSR count).